The highest BCUT2D eigenvalue weighted by molar-refractivity contribution is 5.76. The molecule has 0 aromatic rings. The number of carbonyl (C=O) groups is 2. The smallest absolute Gasteiger partial charge is 0.317 e. The van der Waals surface area contributed by atoms with Gasteiger partial charge in [0.1, 0.15) is 0 Å². The minimum Gasteiger partial charge on any atom is -0.481 e. The second-order valence-corrected chi connectivity index (χ2v) is 6.28. The lowest BCUT2D eigenvalue weighted by molar-refractivity contribution is -0.137. The molecular weight excluding hydrogens is 258 g/mol. The third-order valence-corrected chi connectivity index (χ3v) is 5.01. The number of rotatable bonds is 3. The van der Waals surface area contributed by atoms with Crippen LogP contribution in [0.1, 0.15) is 32.1 Å². The number of piperidine rings is 3. The Labute approximate surface area is 119 Å². The highest BCUT2D eigenvalue weighted by atomic mass is 16.4. The van der Waals surface area contributed by atoms with Gasteiger partial charge in [0, 0.05) is 25.2 Å². The van der Waals surface area contributed by atoms with Gasteiger partial charge in [-0.1, -0.05) is 0 Å². The predicted molar refractivity (Wildman–Crippen MR) is 73.5 cm³/mol. The fraction of sp³-hybridized carbons (Fsp3) is 0.857. The average Bonchev–Trinajstić information content (AvgIpc) is 2.87. The van der Waals surface area contributed by atoms with Crippen molar-refractivity contribution in [1.82, 2.24) is 15.1 Å². The molecule has 4 aliphatic heterocycles. The molecule has 2 bridgehead atoms. The molecule has 0 aromatic carbocycles. The summed E-state index contributed by atoms with van der Waals surface area (Å²) in [4.78, 5) is 27.4. The molecule has 0 spiro atoms. The van der Waals surface area contributed by atoms with Crippen LogP contribution in [0.25, 0.3) is 0 Å². The van der Waals surface area contributed by atoms with Gasteiger partial charge < -0.3 is 20.2 Å². The second-order valence-electron chi connectivity index (χ2n) is 6.28. The summed E-state index contributed by atoms with van der Waals surface area (Å²) >= 11 is 0. The first kappa shape index (κ1) is 13.7. The van der Waals surface area contributed by atoms with Crippen LogP contribution in [0.15, 0.2) is 0 Å². The largest absolute Gasteiger partial charge is 0.481 e. The Morgan fingerprint density at radius 3 is 2.50 bits per heavy atom. The standard InChI is InChI=1S/C14H23N3O3/c18-13(19)8-11-2-1-5-17(11)14(20)15-12-9-16-6-3-10(12)4-7-16/h10-12H,1-9H2,(H,15,20)(H,18,19). The molecule has 0 radical (unpaired) electrons. The lowest BCUT2D eigenvalue weighted by Crippen LogP contribution is -2.59. The van der Waals surface area contributed by atoms with E-state index in [0.717, 1.165) is 32.5 Å². The molecule has 112 valence electrons. The summed E-state index contributed by atoms with van der Waals surface area (Å²) in [6.07, 6.45) is 4.12. The number of likely N-dealkylation sites (tertiary alicyclic amines) is 1. The maximum atomic E-state index is 12.4. The monoisotopic (exact) mass is 281 g/mol. The van der Waals surface area contributed by atoms with Gasteiger partial charge in [-0.2, -0.15) is 0 Å². The van der Waals surface area contributed by atoms with Crippen molar-refractivity contribution in [3.8, 4) is 0 Å². The van der Waals surface area contributed by atoms with Crippen molar-refractivity contribution in [3.63, 3.8) is 0 Å². The number of carbonyl (C=O) groups excluding carboxylic acids is 1. The number of amides is 2. The molecule has 2 unspecified atom stereocenters. The van der Waals surface area contributed by atoms with Crippen LogP contribution < -0.4 is 5.32 Å². The van der Waals surface area contributed by atoms with Gasteiger partial charge in [0.05, 0.1) is 6.42 Å². The zero-order valence-electron chi connectivity index (χ0n) is 11.8. The number of urea groups is 1. The van der Waals surface area contributed by atoms with E-state index in [1.807, 2.05) is 0 Å². The number of fused-ring (bicyclic) bond motifs is 3. The van der Waals surface area contributed by atoms with E-state index in [4.69, 9.17) is 5.11 Å². The molecule has 0 aromatic heterocycles. The first-order valence-electron chi connectivity index (χ1n) is 7.65. The molecule has 4 aliphatic rings. The Morgan fingerprint density at radius 1 is 1.15 bits per heavy atom. The fourth-order valence-electron chi connectivity index (χ4n) is 3.89. The van der Waals surface area contributed by atoms with Crippen molar-refractivity contribution in [3.05, 3.63) is 0 Å². The molecule has 6 nitrogen and oxygen atoms in total. The van der Waals surface area contributed by atoms with Crippen molar-refractivity contribution in [1.29, 1.82) is 0 Å². The van der Waals surface area contributed by atoms with Gasteiger partial charge in [-0.25, -0.2) is 4.79 Å². The normalized spacial score (nSPS) is 36.1. The fourth-order valence-corrected chi connectivity index (χ4v) is 3.89. The summed E-state index contributed by atoms with van der Waals surface area (Å²) < 4.78 is 0. The van der Waals surface area contributed by atoms with E-state index in [1.54, 1.807) is 4.90 Å². The van der Waals surface area contributed by atoms with Crippen LogP contribution in [0.2, 0.25) is 0 Å². The van der Waals surface area contributed by atoms with Crippen LogP contribution in [0.3, 0.4) is 0 Å². The maximum Gasteiger partial charge on any atom is 0.317 e. The van der Waals surface area contributed by atoms with Crippen molar-refractivity contribution in [2.45, 2.75) is 44.2 Å². The Hall–Kier alpha value is -1.30. The lowest BCUT2D eigenvalue weighted by Gasteiger charge is -2.45. The summed E-state index contributed by atoms with van der Waals surface area (Å²) in [6.45, 7) is 3.95. The third kappa shape index (κ3) is 2.75. The van der Waals surface area contributed by atoms with Crippen LogP contribution in [0, 0.1) is 5.92 Å². The van der Waals surface area contributed by atoms with Gasteiger partial charge >= 0.3 is 12.0 Å². The number of carboxylic acid groups (broad SMARTS) is 1. The predicted octanol–water partition coefficient (Wildman–Crippen LogP) is 0.729. The van der Waals surface area contributed by atoms with Crippen molar-refractivity contribution in [2.24, 2.45) is 5.92 Å². The minimum absolute atomic E-state index is 0.0625. The zero-order chi connectivity index (χ0) is 14.1. The van der Waals surface area contributed by atoms with E-state index in [1.165, 1.54) is 12.8 Å². The number of nitrogens with zero attached hydrogens (tertiary/aromatic N) is 2. The van der Waals surface area contributed by atoms with Crippen molar-refractivity contribution < 1.29 is 14.7 Å². The summed E-state index contributed by atoms with van der Waals surface area (Å²) in [5.41, 5.74) is 0. The molecule has 0 saturated carbocycles. The molecule has 4 fully saturated rings. The van der Waals surface area contributed by atoms with Crippen LogP contribution in [-0.2, 0) is 4.79 Å². The minimum atomic E-state index is -0.822. The van der Waals surface area contributed by atoms with E-state index in [2.05, 4.69) is 10.2 Å². The Morgan fingerprint density at radius 2 is 1.90 bits per heavy atom. The molecular formula is C14H23N3O3. The summed E-state index contributed by atoms with van der Waals surface area (Å²) in [7, 11) is 0. The van der Waals surface area contributed by atoms with Gasteiger partial charge in [0.15, 0.2) is 0 Å². The van der Waals surface area contributed by atoms with Gasteiger partial charge in [0.2, 0.25) is 0 Å². The third-order valence-electron chi connectivity index (χ3n) is 5.01. The molecule has 6 heteroatoms. The lowest BCUT2D eigenvalue weighted by atomic mass is 9.84. The van der Waals surface area contributed by atoms with Crippen LogP contribution in [0.5, 0.6) is 0 Å². The molecule has 2 N–H and O–H groups in total. The van der Waals surface area contributed by atoms with E-state index in [0.29, 0.717) is 12.5 Å². The van der Waals surface area contributed by atoms with Gasteiger partial charge in [0.25, 0.3) is 0 Å². The highest BCUT2D eigenvalue weighted by Crippen LogP contribution is 2.28. The zero-order valence-corrected chi connectivity index (χ0v) is 11.8. The Bertz CT molecular complexity index is 393. The molecule has 2 amide bonds. The van der Waals surface area contributed by atoms with Crippen LogP contribution >= 0.6 is 0 Å². The Balaban J connectivity index is 1.57. The number of carboxylic acids is 1. The highest BCUT2D eigenvalue weighted by Gasteiger charge is 2.37. The molecule has 20 heavy (non-hydrogen) atoms. The topological polar surface area (TPSA) is 72.9 Å². The number of hydrogen-bond donors (Lipinski definition) is 2. The van der Waals surface area contributed by atoms with E-state index in [-0.39, 0.29) is 24.5 Å². The van der Waals surface area contributed by atoms with Gasteiger partial charge in [-0.05, 0) is 44.7 Å². The van der Waals surface area contributed by atoms with E-state index in [9.17, 15) is 9.59 Å². The second kappa shape index (κ2) is 5.60. The van der Waals surface area contributed by atoms with E-state index < -0.39 is 5.97 Å². The van der Waals surface area contributed by atoms with Gasteiger partial charge in [-0.15, -0.1) is 0 Å². The van der Waals surface area contributed by atoms with Crippen LogP contribution in [-0.4, -0.2) is 65.2 Å². The van der Waals surface area contributed by atoms with Crippen molar-refractivity contribution in [2.75, 3.05) is 26.2 Å². The summed E-state index contributed by atoms with van der Waals surface area (Å²) in [5, 5.41) is 12.1. The number of nitrogens with one attached hydrogen (secondary N) is 1. The maximum absolute atomic E-state index is 12.4. The van der Waals surface area contributed by atoms with Crippen molar-refractivity contribution >= 4 is 12.0 Å². The first-order chi connectivity index (χ1) is 9.63. The summed E-state index contributed by atoms with van der Waals surface area (Å²) in [6, 6.07) is 0.0529. The molecule has 4 rings (SSSR count). The number of aliphatic carboxylic acids is 1. The molecule has 4 saturated heterocycles. The molecule has 2 atom stereocenters. The van der Waals surface area contributed by atoms with E-state index >= 15 is 0 Å². The molecule has 0 aliphatic carbocycles. The average molecular weight is 281 g/mol. The number of hydrogen-bond acceptors (Lipinski definition) is 3. The summed E-state index contributed by atoms with van der Waals surface area (Å²) in [5.74, 6) is -0.220. The first-order valence-corrected chi connectivity index (χ1v) is 7.65. The van der Waals surface area contributed by atoms with Crippen LogP contribution in [0.4, 0.5) is 4.79 Å². The van der Waals surface area contributed by atoms with Gasteiger partial charge in [-0.3, -0.25) is 4.79 Å². The Kier molecular flexibility index (Phi) is 3.83. The SMILES string of the molecule is O=C(O)CC1CCCN1C(=O)NC1CN2CCC1CC2. The quantitative estimate of drug-likeness (QED) is 0.800. The molecule has 4 heterocycles.